The lowest BCUT2D eigenvalue weighted by Gasteiger charge is -2.26. The van der Waals surface area contributed by atoms with Crippen LogP contribution < -0.4 is 10.6 Å². The summed E-state index contributed by atoms with van der Waals surface area (Å²) in [5, 5.41) is 7.59. The van der Waals surface area contributed by atoms with Crippen molar-refractivity contribution in [1.82, 2.24) is 10.6 Å². The number of benzene rings is 1. The van der Waals surface area contributed by atoms with E-state index in [1.165, 1.54) is 37.7 Å². The first kappa shape index (κ1) is 13.3. The standard InChI is InChI=1S/C15H22N2S/c1-12(13-8-4-2-5-9-13)16-15(18)17-14-10-6-3-7-11-14/h2,4-5,8-9,12,14H,3,6-7,10-11H2,1H3,(H2,16,17,18)/t12-/m1/s1. The van der Waals surface area contributed by atoms with Crippen LogP contribution in [0.1, 0.15) is 50.6 Å². The van der Waals surface area contributed by atoms with Crippen LogP contribution in [0.15, 0.2) is 30.3 Å². The molecule has 1 aromatic carbocycles. The van der Waals surface area contributed by atoms with E-state index in [2.05, 4.69) is 41.8 Å². The highest BCUT2D eigenvalue weighted by Gasteiger charge is 2.14. The number of rotatable bonds is 3. The zero-order valence-corrected chi connectivity index (χ0v) is 11.8. The molecule has 3 heteroatoms. The van der Waals surface area contributed by atoms with Crippen molar-refractivity contribution in [2.24, 2.45) is 0 Å². The van der Waals surface area contributed by atoms with E-state index in [4.69, 9.17) is 12.2 Å². The van der Waals surface area contributed by atoms with Gasteiger partial charge in [-0.15, -0.1) is 0 Å². The van der Waals surface area contributed by atoms with Crippen LogP contribution in [0.5, 0.6) is 0 Å². The monoisotopic (exact) mass is 262 g/mol. The smallest absolute Gasteiger partial charge is 0.166 e. The highest BCUT2D eigenvalue weighted by Crippen LogP contribution is 2.17. The Morgan fingerprint density at radius 2 is 1.83 bits per heavy atom. The average Bonchev–Trinajstić information content (AvgIpc) is 2.40. The third-order valence-electron chi connectivity index (χ3n) is 3.59. The van der Waals surface area contributed by atoms with Gasteiger partial charge in [-0.2, -0.15) is 0 Å². The summed E-state index contributed by atoms with van der Waals surface area (Å²) >= 11 is 5.39. The van der Waals surface area contributed by atoms with E-state index in [-0.39, 0.29) is 6.04 Å². The van der Waals surface area contributed by atoms with Gasteiger partial charge in [-0.3, -0.25) is 0 Å². The molecule has 0 bridgehead atoms. The molecule has 0 aliphatic heterocycles. The van der Waals surface area contributed by atoms with Crippen molar-refractivity contribution in [3.05, 3.63) is 35.9 Å². The Morgan fingerprint density at radius 1 is 1.17 bits per heavy atom. The first-order valence-corrected chi connectivity index (χ1v) is 7.28. The second-order valence-corrected chi connectivity index (χ2v) is 5.49. The molecule has 0 aromatic heterocycles. The molecule has 0 amide bonds. The SMILES string of the molecule is C[C@@H](NC(=S)NC1CCCCC1)c1ccccc1. The van der Waals surface area contributed by atoms with Gasteiger partial charge in [0, 0.05) is 6.04 Å². The molecule has 1 aliphatic carbocycles. The van der Waals surface area contributed by atoms with Crippen molar-refractivity contribution in [3.8, 4) is 0 Å². The van der Waals surface area contributed by atoms with Crippen LogP contribution >= 0.6 is 12.2 Å². The molecule has 2 nitrogen and oxygen atoms in total. The van der Waals surface area contributed by atoms with E-state index in [9.17, 15) is 0 Å². The van der Waals surface area contributed by atoms with Crippen molar-refractivity contribution < 1.29 is 0 Å². The van der Waals surface area contributed by atoms with E-state index in [0.29, 0.717) is 6.04 Å². The maximum atomic E-state index is 5.39. The lowest BCUT2D eigenvalue weighted by atomic mass is 9.96. The summed E-state index contributed by atoms with van der Waals surface area (Å²) in [6, 6.07) is 11.2. The van der Waals surface area contributed by atoms with Gasteiger partial charge in [0.1, 0.15) is 0 Å². The quantitative estimate of drug-likeness (QED) is 0.815. The molecule has 1 fully saturated rings. The van der Waals surface area contributed by atoms with Gasteiger partial charge in [0.15, 0.2) is 5.11 Å². The van der Waals surface area contributed by atoms with Gasteiger partial charge in [-0.05, 0) is 37.5 Å². The summed E-state index contributed by atoms with van der Waals surface area (Å²) < 4.78 is 0. The molecule has 2 N–H and O–H groups in total. The number of thiocarbonyl (C=S) groups is 1. The number of hydrogen-bond donors (Lipinski definition) is 2. The van der Waals surface area contributed by atoms with Crippen molar-refractivity contribution in [2.75, 3.05) is 0 Å². The Hall–Kier alpha value is -1.09. The van der Waals surface area contributed by atoms with Gasteiger partial charge in [0.2, 0.25) is 0 Å². The van der Waals surface area contributed by atoms with Gasteiger partial charge >= 0.3 is 0 Å². The minimum Gasteiger partial charge on any atom is -0.360 e. The normalized spacial score (nSPS) is 18.1. The molecule has 0 heterocycles. The van der Waals surface area contributed by atoms with E-state index >= 15 is 0 Å². The molecule has 1 aromatic rings. The lowest BCUT2D eigenvalue weighted by molar-refractivity contribution is 0.411. The van der Waals surface area contributed by atoms with Crippen molar-refractivity contribution >= 4 is 17.3 Å². The lowest BCUT2D eigenvalue weighted by Crippen LogP contribution is -2.43. The molecule has 0 unspecified atom stereocenters. The predicted octanol–water partition coefficient (Wildman–Crippen LogP) is 3.54. The zero-order chi connectivity index (χ0) is 12.8. The Labute approximate surface area is 115 Å². The van der Waals surface area contributed by atoms with Gasteiger partial charge in [0.25, 0.3) is 0 Å². The second kappa shape index (κ2) is 6.74. The topological polar surface area (TPSA) is 24.1 Å². The number of hydrogen-bond acceptors (Lipinski definition) is 1. The average molecular weight is 262 g/mol. The first-order chi connectivity index (χ1) is 8.75. The minimum absolute atomic E-state index is 0.259. The maximum absolute atomic E-state index is 5.39. The highest BCUT2D eigenvalue weighted by atomic mass is 32.1. The predicted molar refractivity (Wildman–Crippen MR) is 80.6 cm³/mol. The van der Waals surface area contributed by atoms with E-state index < -0.39 is 0 Å². The van der Waals surface area contributed by atoms with Crippen molar-refractivity contribution in [1.29, 1.82) is 0 Å². The van der Waals surface area contributed by atoms with Crippen LogP contribution in [0, 0.1) is 0 Å². The van der Waals surface area contributed by atoms with Gasteiger partial charge < -0.3 is 10.6 Å². The zero-order valence-electron chi connectivity index (χ0n) is 11.0. The molecule has 2 rings (SSSR count). The number of nitrogens with one attached hydrogen (secondary N) is 2. The van der Waals surface area contributed by atoms with Crippen LogP contribution in [-0.4, -0.2) is 11.2 Å². The van der Waals surface area contributed by atoms with Gasteiger partial charge in [0.05, 0.1) is 6.04 Å². The molecule has 0 saturated heterocycles. The second-order valence-electron chi connectivity index (χ2n) is 5.09. The Balaban J connectivity index is 1.80. The molecule has 98 valence electrons. The van der Waals surface area contributed by atoms with Crippen molar-refractivity contribution in [2.45, 2.75) is 51.1 Å². The molecule has 18 heavy (non-hydrogen) atoms. The molecule has 1 saturated carbocycles. The van der Waals surface area contributed by atoms with Crippen LogP contribution in [0.2, 0.25) is 0 Å². The van der Waals surface area contributed by atoms with Crippen LogP contribution in [-0.2, 0) is 0 Å². The van der Waals surface area contributed by atoms with Gasteiger partial charge in [-0.25, -0.2) is 0 Å². The summed E-state index contributed by atoms with van der Waals surface area (Å²) in [5.41, 5.74) is 1.27. The summed E-state index contributed by atoms with van der Waals surface area (Å²) in [4.78, 5) is 0. The fourth-order valence-corrected chi connectivity index (χ4v) is 2.84. The molecule has 0 spiro atoms. The molecular weight excluding hydrogens is 240 g/mol. The Kier molecular flexibility index (Phi) is 5.00. The molecular formula is C15H22N2S. The largest absolute Gasteiger partial charge is 0.360 e. The summed E-state index contributed by atoms with van der Waals surface area (Å²) in [6.07, 6.45) is 6.53. The molecule has 1 aliphatic rings. The van der Waals surface area contributed by atoms with E-state index in [1.54, 1.807) is 0 Å². The first-order valence-electron chi connectivity index (χ1n) is 6.87. The molecule has 1 atom stereocenters. The van der Waals surface area contributed by atoms with E-state index in [0.717, 1.165) is 5.11 Å². The van der Waals surface area contributed by atoms with E-state index in [1.807, 2.05) is 6.07 Å². The van der Waals surface area contributed by atoms with Crippen LogP contribution in [0.25, 0.3) is 0 Å². The highest BCUT2D eigenvalue weighted by molar-refractivity contribution is 7.80. The Morgan fingerprint density at radius 3 is 2.50 bits per heavy atom. The summed E-state index contributed by atoms with van der Waals surface area (Å²) in [7, 11) is 0. The fraction of sp³-hybridized carbons (Fsp3) is 0.533. The van der Waals surface area contributed by atoms with Gasteiger partial charge in [-0.1, -0.05) is 49.6 Å². The van der Waals surface area contributed by atoms with Crippen molar-refractivity contribution in [3.63, 3.8) is 0 Å². The van der Waals surface area contributed by atoms with Crippen LogP contribution in [0.3, 0.4) is 0 Å². The Bertz CT molecular complexity index is 371. The third-order valence-corrected chi connectivity index (χ3v) is 3.82. The maximum Gasteiger partial charge on any atom is 0.166 e. The fourth-order valence-electron chi connectivity index (χ4n) is 2.50. The summed E-state index contributed by atoms with van der Waals surface area (Å²) in [6.45, 7) is 2.14. The van der Waals surface area contributed by atoms with Crippen LogP contribution in [0.4, 0.5) is 0 Å². The summed E-state index contributed by atoms with van der Waals surface area (Å²) in [5.74, 6) is 0. The minimum atomic E-state index is 0.259. The third kappa shape index (κ3) is 3.98. The molecule has 0 radical (unpaired) electrons.